The highest BCUT2D eigenvalue weighted by Gasteiger charge is 2.27. The molecule has 148 valence electrons. The maximum absolute atomic E-state index is 12.1. The second kappa shape index (κ2) is 13.7. The van der Waals surface area contributed by atoms with Gasteiger partial charge in [0.15, 0.2) is 5.78 Å². The molecule has 4 heteroatoms. The molecule has 1 aliphatic carbocycles. The molecule has 0 aromatic rings. The van der Waals surface area contributed by atoms with Gasteiger partial charge in [0.2, 0.25) is 5.91 Å². The average molecular weight is 364 g/mol. The van der Waals surface area contributed by atoms with Crippen molar-refractivity contribution in [2.45, 2.75) is 84.2 Å². The van der Waals surface area contributed by atoms with Crippen LogP contribution in [0.15, 0.2) is 24.3 Å². The van der Waals surface area contributed by atoms with E-state index in [0.29, 0.717) is 0 Å². The summed E-state index contributed by atoms with van der Waals surface area (Å²) in [5.41, 5.74) is 0. The second-order valence-corrected chi connectivity index (χ2v) is 7.43. The van der Waals surface area contributed by atoms with E-state index in [2.05, 4.69) is 12.2 Å². The van der Waals surface area contributed by atoms with Crippen LogP contribution in [0.4, 0.5) is 0 Å². The number of allylic oxidation sites excluding steroid dienone is 3. The summed E-state index contributed by atoms with van der Waals surface area (Å²) in [6, 6.07) is 0. The summed E-state index contributed by atoms with van der Waals surface area (Å²) in [6.07, 6.45) is 17.7. The maximum Gasteiger partial charge on any atom is 0.216 e. The van der Waals surface area contributed by atoms with Crippen molar-refractivity contribution in [3.8, 4) is 0 Å². The molecule has 0 heterocycles. The van der Waals surface area contributed by atoms with Crippen molar-refractivity contribution < 1.29 is 14.7 Å². The highest BCUT2D eigenvalue weighted by molar-refractivity contribution is 5.94. The average Bonchev–Trinajstić information content (AvgIpc) is 2.95. The van der Waals surface area contributed by atoms with Crippen molar-refractivity contribution in [2.24, 2.45) is 11.8 Å². The summed E-state index contributed by atoms with van der Waals surface area (Å²) in [4.78, 5) is 22.9. The Morgan fingerprint density at radius 3 is 2.65 bits per heavy atom. The molecule has 26 heavy (non-hydrogen) atoms. The number of aliphatic hydroxyl groups excluding tert-OH is 1. The largest absolute Gasteiger partial charge is 0.389 e. The van der Waals surface area contributed by atoms with Gasteiger partial charge in [-0.05, 0) is 25.3 Å². The van der Waals surface area contributed by atoms with E-state index in [-0.39, 0.29) is 23.5 Å². The lowest BCUT2D eigenvalue weighted by atomic mass is 9.88. The second-order valence-electron chi connectivity index (χ2n) is 7.43. The Labute approximate surface area is 159 Å². The first-order valence-electron chi connectivity index (χ1n) is 10.4. The van der Waals surface area contributed by atoms with Crippen molar-refractivity contribution >= 4 is 11.7 Å². The van der Waals surface area contributed by atoms with Crippen LogP contribution in [0.2, 0.25) is 0 Å². The molecule has 0 aliphatic heterocycles. The fourth-order valence-electron chi connectivity index (χ4n) is 3.43. The van der Waals surface area contributed by atoms with E-state index in [0.717, 1.165) is 70.8 Å². The molecule has 1 aliphatic rings. The Hall–Kier alpha value is -1.42. The number of unbranched alkanes of at least 4 members (excludes halogenated alkanes) is 6. The van der Waals surface area contributed by atoms with Gasteiger partial charge in [0.25, 0.3) is 0 Å². The topological polar surface area (TPSA) is 66.4 Å². The molecular weight excluding hydrogens is 326 g/mol. The number of rotatable bonds is 14. The van der Waals surface area contributed by atoms with Gasteiger partial charge in [-0.3, -0.25) is 9.59 Å². The molecule has 4 nitrogen and oxygen atoms in total. The molecule has 1 rings (SSSR count). The third-order valence-electron chi connectivity index (χ3n) is 5.04. The molecule has 0 aromatic carbocycles. The number of hydrogen-bond acceptors (Lipinski definition) is 3. The summed E-state index contributed by atoms with van der Waals surface area (Å²) in [5, 5.41) is 12.8. The molecule has 2 N–H and O–H groups in total. The zero-order valence-electron chi connectivity index (χ0n) is 16.6. The molecular formula is C22H37NO3. The van der Waals surface area contributed by atoms with Gasteiger partial charge in [0, 0.05) is 25.3 Å². The Morgan fingerprint density at radius 1 is 1.19 bits per heavy atom. The summed E-state index contributed by atoms with van der Waals surface area (Å²) in [5.74, 6) is 0.453. The molecule has 0 radical (unpaired) electrons. The van der Waals surface area contributed by atoms with Gasteiger partial charge < -0.3 is 10.4 Å². The predicted octanol–water partition coefficient (Wildman–Crippen LogP) is 4.33. The lowest BCUT2D eigenvalue weighted by Gasteiger charge is -2.15. The Morgan fingerprint density at radius 2 is 1.92 bits per heavy atom. The minimum atomic E-state index is -0.394. The van der Waals surface area contributed by atoms with E-state index in [9.17, 15) is 14.7 Å². The number of ketones is 1. The Kier molecular flexibility index (Phi) is 12.0. The quantitative estimate of drug-likeness (QED) is 0.356. The van der Waals surface area contributed by atoms with Crippen LogP contribution in [-0.2, 0) is 9.59 Å². The minimum Gasteiger partial charge on any atom is -0.389 e. The van der Waals surface area contributed by atoms with E-state index >= 15 is 0 Å². The van der Waals surface area contributed by atoms with Crippen LogP contribution in [0, 0.1) is 11.8 Å². The van der Waals surface area contributed by atoms with Crippen LogP contribution in [0.1, 0.15) is 78.1 Å². The normalized spacial score (nSPS) is 20.8. The van der Waals surface area contributed by atoms with Gasteiger partial charge in [-0.2, -0.15) is 0 Å². The van der Waals surface area contributed by atoms with Crippen LogP contribution < -0.4 is 5.32 Å². The lowest BCUT2D eigenvalue weighted by Crippen LogP contribution is -2.20. The molecule has 3 atom stereocenters. The number of carbonyl (C=O) groups excluding carboxylic acids is 2. The zero-order valence-corrected chi connectivity index (χ0v) is 16.6. The molecule has 0 bridgehead atoms. The Balaban J connectivity index is 2.21. The third-order valence-corrected chi connectivity index (χ3v) is 5.04. The third kappa shape index (κ3) is 9.91. The van der Waals surface area contributed by atoms with Crippen LogP contribution in [0.25, 0.3) is 0 Å². The SMILES string of the molecule is CCCCC[C@H](O)/C=C/[C@H]1C=CC(=O)[C@@H]1CCCCCCCNC(C)=O. The highest BCUT2D eigenvalue weighted by Crippen LogP contribution is 2.29. The van der Waals surface area contributed by atoms with Gasteiger partial charge in [0.1, 0.15) is 0 Å². The van der Waals surface area contributed by atoms with Crippen molar-refractivity contribution in [1.29, 1.82) is 0 Å². The summed E-state index contributed by atoms with van der Waals surface area (Å²) in [7, 11) is 0. The summed E-state index contributed by atoms with van der Waals surface area (Å²) >= 11 is 0. The molecule has 0 aromatic heterocycles. The van der Waals surface area contributed by atoms with Crippen LogP contribution in [0.3, 0.4) is 0 Å². The van der Waals surface area contributed by atoms with Crippen molar-refractivity contribution in [3.63, 3.8) is 0 Å². The smallest absolute Gasteiger partial charge is 0.216 e. The monoisotopic (exact) mass is 363 g/mol. The molecule has 0 saturated carbocycles. The minimum absolute atomic E-state index is 0.0341. The molecule has 0 spiro atoms. The fraction of sp³-hybridized carbons (Fsp3) is 0.727. The summed E-state index contributed by atoms with van der Waals surface area (Å²) < 4.78 is 0. The van der Waals surface area contributed by atoms with E-state index < -0.39 is 6.10 Å². The number of hydrogen-bond donors (Lipinski definition) is 2. The zero-order chi connectivity index (χ0) is 19.2. The van der Waals surface area contributed by atoms with E-state index in [1.54, 1.807) is 13.0 Å². The fourth-order valence-corrected chi connectivity index (χ4v) is 3.43. The highest BCUT2D eigenvalue weighted by atomic mass is 16.3. The first kappa shape index (κ1) is 22.6. The predicted molar refractivity (Wildman–Crippen MR) is 107 cm³/mol. The molecule has 0 saturated heterocycles. The van der Waals surface area contributed by atoms with Crippen molar-refractivity contribution in [2.75, 3.05) is 6.54 Å². The van der Waals surface area contributed by atoms with Crippen LogP contribution in [-0.4, -0.2) is 29.4 Å². The molecule has 0 unspecified atom stereocenters. The van der Waals surface area contributed by atoms with Crippen LogP contribution >= 0.6 is 0 Å². The van der Waals surface area contributed by atoms with E-state index in [1.807, 2.05) is 18.2 Å². The number of amides is 1. The standard InChI is InChI=1S/C22H37NO3/c1-3-4-8-11-20(25)15-13-19-14-16-22(26)21(19)12-9-6-5-7-10-17-23-18(2)24/h13-16,19-21,25H,3-12,17H2,1-2H3,(H,23,24)/b15-13+/t19-,20-,21+/m0/s1. The maximum atomic E-state index is 12.1. The van der Waals surface area contributed by atoms with E-state index in [4.69, 9.17) is 0 Å². The number of aliphatic hydroxyl groups is 1. The van der Waals surface area contributed by atoms with Gasteiger partial charge in [0.05, 0.1) is 6.10 Å². The summed E-state index contributed by atoms with van der Waals surface area (Å²) in [6.45, 7) is 4.46. The molecule has 0 fully saturated rings. The number of carbonyl (C=O) groups is 2. The van der Waals surface area contributed by atoms with Gasteiger partial charge in [-0.15, -0.1) is 0 Å². The van der Waals surface area contributed by atoms with Crippen molar-refractivity contribution in [3.05, 3.63) is 24.3 Å². The van der Waals surface area contributed by atoms with Crippen LogP contribution in [0.5, 0.6) is 0 Å². The molecule has 1 amide bonds. The van der Waals surface area contributed by atoms with Gasteiger partial charge in [-0.1, -0.05) is 70.1 Å². The first-order chi connectivity index (χ1) is 12.5. The Bertz CT molecular complexity index is 470. The van der Waals surface area contributed by atoms with E-state index in [1.165, 1.54) is 0 Å². The number of nitrogens with one attached hydrogen (secondary N) is 1. The van der Waals surface area contributed by atoms with Crippen molar-refractivity contribution in [1.82, 2.24) is 5.32 Å². The van der Waals surface area contributed by atoms with Gasteiger partial charge in [-0.25, -0.2) is 0 Å². The first-order valence-corrected chi connectivity index (χ1v) is 10.4. The lowest BCUT2D eigenvalue weighted by molar-refractivity contribution is -0.119. The van der Waals surface area contributed by atoms with Gasteiger partial charge >= 0.3 is 0 Å².